The van der Waals surface area contributed by atoms with E-state index in [0.29, 0.717) is 10.4 Å². The fourth-order valence-corrected chi connectivity index (χ4v) is 1.72. The van der Waals surface area contributed by atoms with E-state index >= 15 is 0 Å². The average Bonchev–Trinajstić information content (AvgIpc) is 2.50. The molecule has 1 aromatic rings. The molecule has 2 atom stereocenters. The summed E-state index contributed by atoms with van der Waals surface area (Å²) in [5, 5.41) is 28.5. The largest absolute Gasteiger partial charge is 0.390 e. The lowest BCUT2D eigenvalue weighted by molar-refractivity contribution is 0.0328. The van der Waals surface area contributed by atoms with Gasteiger partial charge in [0.1, 0.15) is 12.2 Å². The van der Waals surface area contributed by atoms with Crippen LogP contribution in [0.25, 0.3) is 0 Å². The highest BCUT2D eigenvalue weighted by atomic mass is 32.1. The van der Waals surface area contributed by atoms with Crippen molar-refractivity contribution in [3.05, 3.63) is 21.9 Å². The SMILES string of the molecule is CC(O)C(O)c1cc(C#N)cs1. The molecular formula is C8H9NO2S. The third kappa shape index (κ3) is 1.83. The number of nitriles is 1. The Labute approximate surface area is 74.5 Å². The molecule has 0 aromatic carbocycles. The van der Waals surface area contributed by atoms with Gasteiger partial charge in [-0.15, -0.1) is 11.3 Å². The van der Waals surface area contributed by atoms with Gasteiger partial charge in [-0.2, -0.15) is 5.26 Å². The second-order valence-electron chi connectivity index (χ2n) is 2.53. The molecule has 12 heavy (non-hydrogen) atoms. The van der Waals surface area contributed by atoms with Crippen LogP contribution < -0.4 is 0 Å². The smallest absolute Gasteiger partial charge is 0.114 e. The van der Waals surface area contributed by atoms with Crippen molar-refractivity contribution in [2.45, 2.75) is 19.1 Å². The molecule has 3 nitrogen and oxygen atoms in total. The summed E-state index contributed by atoms with van der Waals surface area (Å²) in [5.41, 5.74) is 0.523. The number of nitrogens with zero attached hydrogens (tertiary/aromatic N) is 1. The summed E-state index contributed by atoms with van der Waals surface area (Å²) in [5.74, 6) is 0. The number of thiophene rings is 1. The Morgan fingerprint density at radius 2 is 2.25 bits per heavy atom. The number of aliphatic hydroxyl groups excluding tert-OH is 2. The summed E-state index contributed by atoms with van der Waals surface area (Å²) in [6.45, 7) is 1.51. The monoisotopic (exact) mass is 183 g/mol. The average molecular weight is 183 g/mol. The van der Waals surface area contributed by atoms with Gasteiger partial charge in [-0.3, -0.25) is 0 Å². The molecule has 1 aromatic heterocycles. The van der Waals surface area contributed by atoms with E-state index in [9.17, 15) is 5.11 Å². The maximum Gasteiger partial charge on any atom is 0.114 e. The van der Waals surface area contributed by atoms with Crippen molar-refractivity contribution in [3.8, 4) is 6.07 Å². The highest BCUT2D eigenvalue weighted by Crippen LogP contribution is 2.23. The summed E-state index contributed by atoms with van der Waals surface area (Å²) < 4.78 is 0. The van der Waals surface area contributed by atoms with Gasteiger partial charge in [0.25, 0.3) is 0 Å². The molecule has 0 spiro atoms. The zero-order chi connectivity index (χ0) is 9.14. The minimum atomic E-state index is -0.878. The van der Waals surface area contributed by atoms with Gasteiger partial charge in [0, 0.05) is 10.3 Å². The number of aliphatic hydroxyl groups is 2. The Hall–Kier alpha value is -0.890. The number of hydrogen-bond donors (Lipinski definition) is 2. The Balaban J connectivity index is 2.83. The van der Waals surface area contributed by atoms with Gasteiger partial charge in [-0.05, 0) is 13.0 Å². The van der Waals surface area contributed by atoms with Crippen molar-refractivity contribution in [2.75, 3.05) is 0 Å². The van der Waals surface area contributed by atoms with Crippen LogP contribution in [-0.4, -0.2) is 16.3 Å². The molecule has 0 aliphatic heterocycles. The van der Waals surface area contributed by atoms with Crippen LogP contribution in [0, 0.1) is 11.3 Å². The highest BCUT2D eigenvalue weighted by molar-refractivity contribution is 7.10. The summed E-state index contributed by atoms with van der Waals surface area (Å²) in [7, 11) is 0. The molecule has 0 bridgehead atoms. The van der Waals surface area contributed by atoms with Crippen LogP contribution in [0.15, 0.2) is 11.4 Å². The van der Waals surface area contributed by atoms with Gasteiger partial charge in [0.2, 0.25) is 0 Å². The van der Waals surface area contributed by atoms with Crippen LogP contribution >= 0.6 is 11.3 Å². The molecule has 1 rings (SSSR count). The fraction of sp³-hybridized carbons (Fsp3) is 0.375. The van der Waals surface area contributed by atoms with Gasteiger partial charge < -0.3 is 10.2 Å². The lowest BCUT2D eigenvalue weighted by Crippen LogP contribution is -2.12. The number of hydrogen-bond acceptors (Lipinski definition) is 4. The minimum absolute atomic E-state index is 0.523. The molecular weight excluding hydrogens is 174 g/mol. The Morgan fingerprint density at radius 3 is 2.67 bits per heavy atom. The summed E-state index contributed by atoms with van der Waals surface area (Å²) in [6.07, 6.45) is -1.67. The molecule has 0 fully saturated rings. The molecule has 0 saturated heterocycles. The molecule has 1 heterocycles. The van der Waals surface area contributed by atoms with E-state index in [0.717, 1.165) is 0 Å². The van der Waals surface area contributed by atoms with Crippen molar-refractivity contribution < 1.29 is 10.2 Å². The van der Waals surface area contributed by atoms with Crippen molar-refractivity contribution >= 4 is 11.3 Å². The summed E-state index contributed by atoms with van der Waals surface area (Å²) in [4.78, 5) is 0.626. The van der Waals surface area contributed by atoms with E-state index in [1.807, 2.05) is 6.07 Å². The van der Waals surface area contributed by atoms with E-state index in [-0.39, 0.29) is 0 Å². The van der Waals surface area contributed by atoms with Crippen LogP contribution in [0.4, 0.5) is 0 Å². The predicted molar refractivity (Wildman–Crippen MR) is 45.7 cm³/mol. The first-order chi connectivity index (χ1) is 5.65. The Kier molecular flexibility index (Phi) is 2.82. The second-order valence-corrected chi connectivity index (χ2v) is 3.48. The standard InChI is InChI=1S/C8H9NO2S/c1-5(10)8(11)7-2-6(3-9)4-12-7/h2,4-5,8,10-11H,1H3. The van der Waals surface area contributed by atoms with Crippen molar-refractivity contribution in [2.24, 2.45) is 0 Å². The second kappa shape index (κ2) is 3.68. The highest BCUT2D eigenvalue weighted by Gasteiger charge is 2.15. The summed E-state index contributed by atoms with van der Waals surface area (Å²) in [6, 6.07) is 3.54. The van der Waals surface area contributed by atoms with Crippen LogP contribution in [0.5, 0.6) is 0 Å². The van der Waals surface area contributed by atoms with Crippen LogP contribution in [-0.2, 0) is 0 Å². The molecule has 0 aliphatic carbocycles. The van der Waals surface area contributed by atoms with Gasteiger partial charge >= 0.3 is 0 Å². The first-order valence-corrected chi connectivity index (χ1v) is 4.37. The van der Waals surface area contributed by atoms with E-state index in [1.165, 1.54) is 18.3 Å². The fourth-order valence-electron chi connectivity index (χ4n) is 0.804. The van der Waals surface area contributed by atoms with Gasteiger partial charge in [0.05, 0.1) is 11.7 Å². The Morgan fingerprint density at radius 1 is 1.58 bits per heavy atom. The third-order valence-corrected chi connectivity index (χ3v) is 2.50. The normalized spacial score (nSPS) is 15.2. The minimum Gasteiger partial charge on any atom is -0.390 e. The molecule has 0 radical (unpaired) electrons. The molecule has 0 aliphatic rings. The lowest BCUT2D eigenvalue weighted by atomic mass is 10.2. The van der Waals surface area contributed by atoms with E-state index < -0.39 is 12.2 Å². The van der Waals surface area contributed by atoms with Crippen LogP contribution in [0.3, 0.4) is 0 Å². The molecule has 2 N–H and O–H groups in total. The van der Waals surface area contributed by atoms with E-state index in [2.05, 4.69) is 0 Å². The zero-order valence-electron chi connectivity index (χ0n) is 6.56. The van der Waals surface area contributed by atoms with Crippen molar-refractivity contribution in [1.29, 1.82) is 5.26 Å². The maximum absolute atomic E-state index is 9.36. The van der Waals surface area contributed by atoms with Crippen molar-refractivity contribution in [3.63, 3.8) is 0 Å². The van der Waals surface area contributed by atoms with Crippen LogP contribution in [0.1, 0.15) is 23.5 Å². The molecule has 0 amide bonds. The molecule has 64 valence electrons. The zero-order valence-corrected chi connectivity index (χ0v) is 7.38. The van der Waals surface area contributed by atoms with Crippen LogP contribution in [0.2, 0.25) is 0 Å². The van der Waals surface area contributed by atoms with Gasteiger partial charge in [-0.25, -0.2) is 0 Å². The Bertz CT molecular complexity index is 300. The maximum atomic E-state index is 9.36. The lowest BCUT2D eigenvalue weighted by Gasteiger charge is -2.10. The summed E-state index contributed by atoms with van der Waals surface area (Å²) >= 11 is 1.28. The topological polar surface area (TPSA) is 64.2 Å². The molecule has 2 unspecified atom stereocenters. The first kappa shape index (κ1) is 9.20. The number of rotatable bonds is 2. The molecule has 0 saturated carbocycles. The predicted octanol–water partition coefficient (Wildman–Crippen LogP) is 1.03. The molecule has 4 heteroatoms. The van der Waals surface area contributed by atoms with Gasteiger partial charge in [0.15, 0.2) is 0 Å². The van der Waals surface area contributed by atoms with E-state index in [4.69, 9.17) is 10.4 Å². The quantitative estimate of drug-likeness (QED) is 0.719. The van der Waals surface area contributed by atoms with Crippen molar-refractivity contribution in [1.82, 2.24) is 0 Å². The third-order valence-electron chi connectivity index (χ3n) is 1.50. The van der Waals surface area contributed by atoms with Gasteiger partial charge in [-0.1, -0.05) is 0 Å². The van der Waals surface area contributed by atoms with E-state index in [1.54, 1.807) is 11.4 Å². The first-order valence-electron chi connectivity index (χ1n) is 3.50.